The fraction of sp³-hybridized carbons (Fsp3) is 0.692. The van der Waals surface area contributed by atoms with E-state index in [0.717, 1.165) is 12.8 Å². The van der Waals surface area contributed by atoms with E-state index >= 15 is 0 Å². The SMILES string of the molecule is Cc1ncnc(NCC2(CCl)CCCCC2)c1F. The van der Waals surface area contributed by atoms with E-state index < -0.39 is 0 Å². The molecular formula is C13H19ClFN3. The minimum absolute atomic E-state index is 0.0884. The number of aromatic nitrogens is 2. The summed E-state index contributed by atoms with van der Waals surface area (Å²) in [6.45, 7) is 2.32. The van der Waals surface area contributed by atoms with Gasteiger partial charge in [-0.1, -0.05) is 19.3 Å². The molecular weight excluding hydrogens is 253 g/mol. The Hall–Kier alpha value is -0.900. The third kappa shape index (κ3) is 2.91. The molecule has 1 aromatic rings. The van der Waals surface area contributed by atoms with E-state index in [1.807, 2.05) is 0 Å². The molecule has 1 fully saturated rings. The maximum atomic E-state index is 13.8. The molecule has 100 valence electrons. The second-order valence-corrected chi connectivity index (χ2v) is 5.44. The number of nitrogens with one attached hydrogen (secondary N) is 1. The van der Waals surface area contributed by atoms with E-state index in [1.165, 1.54) is 25.6 Å². The molecule has 1 aromatic heterocycles. The lowest BCUT2D eigenvalue weighted by molar-refractivity contribution is 0.237. The van der Waals surface area contributed by atoms with Crippen LogP contribution in [-0.2, 0) is 0 Å². The van der Waals surface area contributed by atoms with Crippen LogP contribution in [0.25, 0.3) is 0 Å². The molecule has 0 atom stereocenters. The summed E-state index contributed by atoms with van der Waals surface area (Å²) in [5, 5.41) is 3.10. The van der Waals surface area contributed by atoms with Gasteiger partial charge in [-0.05, 0) is 19.8 Å². The quantitative estimate of drug-likeness (QED) is 0.852. The van der Waals surface area contributed by atoms with Gasteiger partial charge >= 0.3 is 0 Å². The van der Waals surface area contributed by atoms with Crippen molar-refractivity contribution in [3.05, 3.63) is 17.8 Å². The summed E-state index contributed by atoms with van der Waals surface area (Å²) in [4.78, 5) is 7.77. The Bertz CT molecular complexity index is 405. The molecule has 0 aliphatic heterocycles. The summed E-state index contributed by atoms with van der Waals surface area (Å²) in [6.07, 6.45) is 7.29. The van der Waals surface area contributed by atoms with Crippen molar-refractivity contribution in [1.29, 1.82) is 0 Å². The van der Waals surface area contributed by atoms with Crippen LogP contribution in [0.1, 0.15) is 37.8 Å². The predicted molar refractivity (Wildman–Crippen MR) is 71.5 cm³/mol. The zero-order valence-corrected chi connectivity index (χ0v) is 11.4. The Morgan fingerprint density at radius 3 is 2.72 bits per heavy atom. The smallest absolute Gasteiger partial charge is 0.186 e. The number of nitrogens with zero attached hydrogens (tertiary/aromatic N) is 2. The number of alkyl halides is 1. The van der Waals surface area contributed by atoms with E-state index in [4.69, 9.17) is 11.6 Å². The molecule has 1 heterocycles. The standard InChI is InChI=1S/C13H19ClFN3/c1-10-11(15)12(18-9-17-10)16-8-13(7-14)5-3-2-4-6-13/h9H,2-8H2,1H3,(H,16,17,18). The zero-order chi connectivity index (χ0) is 13.0. The molecule has 2 rings (SSSR count). The third-order valence-corrected chi connectivity index (χ3v) is 4.36. The lowest BCUT2D eigenvalue weighted by Crippen LogP contribution is -2.34. The Morgan fingerprint density at radius 2 is 2.06 bits per heavy atom. The van der Waals surface area contributed by atoms with Gasteiger partial charge in [-0.25, -0.2) is 14.4 Å². The van der Waals surface area contributed by atoms with Crippen LogP contribution in [0.3, 0.4) is 0 Å². The van der Waals surface area contributed by atoms with Gasteiger partial charge in [0, 0.05) is 17.8 Å². The first-order valence-corrected chi connectivity index (χ1v) is 6.97. The van der Waals surface area contributed by atoms with E-state index in [9.17, 15) is 4.39 Å². The molecule has 1 saturated carbocycles. The summed E-state index contributed by atoms with van der Waals surface area (Å²) in [5.74, 6) is 0.543. The van der Waals surface area contributed by atoms with Crippen LogP contribution in [0.2, 0.25) is 0 Å². The third-order valence-electron chi connectivity index (χ3n) is 3.79. The van der Waals surface area contributed by atoms with Crippen molar-refractivity contribution in [3.63, 3.8) is 0 Å². The fourth-order valence-corrected chi connectivity index (χ4v) is 2.87. The minimum atomic E-state index is -0.363. The van der Waals surface area contributed by atoms with Crippen LogP contribution in [0.4, 0.5) is 10.2 Å². The lowest BCUT2D eigenvalue weighted by atomic mass is 9.75. The van der Waals surface area contributed by atoms with Crippen LogP contribution in [0.15, 0.2) is 6.33 Å². The topological polar surface area (TPSA) is 37.8 Å². The highest BCUT2D eigenvalue weighted by molar-refractivity contribution is 6.18. The molecule has 0 spiro atoms. The minimum Gasteiger partial charge on any atom is -0.367 e. The van der Waals surface area contributed by atoms with Crippen molar-refractivity contribution in [2.75, 3.05) is 17.7 Å². The van der Waals surface area contributed by atoms with Crippen molar-refractivity contribution >= 4 is 17.4 Å². The molecule has 0 unspecified atom stereocenters. The number of aryl methyl sites for hydroxylation is 1. The van der Waals surface area contributed by atoms with Gasteiger partial charge in [-0.3, -0.25) is 0 Å². The first kappa shape index (κ1) is 13.5. The molecule has 1 aliphatic carbocycles. The van der Waals surface area contributed by atoms with Gasteiger partial charge in [-0.2, -0.15) is 0 Å². The summed E-state index contributed by atoms with van der Waals surface area (Å²) in [6, 6.07) is 0. The van der Waals surface area contributed by atoms with Crippen molar-refractivity contribution < 1.29 is 4.39 Å². The average molecular weight is 272 g/mol. The van der Waals surface area contributed by atoms with Crippen LogP contribution in [-0.4, -0.2) is 22.4 Å². The molecule has 3 nitrogen and oxygen atoms in total. The number of hydrogen-bond acceptors (Lipinski definition) is 3. The van der Waals surface area contributed by atoms with E-state index in [-0.39, 0.29) is 17.1 Å². The Kier molecular flexibility index (Phi) is 4.38. The summed E-state index contributed by atoms with van der Waals surface area (Å²) >= 11 is 6.11. The first-order chi connectivity index (χ1) is 8.67. The monoisotopic (exact) mass is 271 g/mol. The Labute approximate surface area is 112 Å². The van der Waals surface area contributed by atoms with Gasteiger partial charge < -0.3 is 5.32 Å². The van der Waals surface area contributed by atoms with Crippen LogP contribution < -0.4 is 5.32 Å². The summed E-state index contributed by atoms with van der Waals surface area (Å²) in [7, 11) is 0. The lowest BCUT2D eigenvalue weighted by Gasteiger charge is -2.35. The van der Waals surface area contributed by atoms with E-state index in [2.05, 4.69) is 15.3 Å². The van der Waals surface area contributed by atoms with Gasteiger partial charge in [0.25, 0.3) is 0 Å². The highest BCUT2D eigenvalue weighted by Crippen LogP contribution is 2.37. The molecule has 1 N–H and O–H groups in total. The molecule has 0 bridgehead atoms. The maximum absolute atomic E-state index is 13.8. The average Bonchev–Trinajstić information content (AvgIpc) is 2.41. The Balaban J connectivity index is 2.03. The van der Waals surface area contributed by atoms with Crippen LogP contribution in [0.5, 0.6) is 0 Å². The zero-order valence-electron chi connectivity index (χ0n) is 10.7. The predicted octanol–water partition coefficient (Wildman–Crippen LogP) is 3.53. The number of hydrogen-bond donors (Lipinski definition) is 1. The fourth-order valence-electron chi connectivity index (χ4n) is 2.51. The second-order valence-electron chi connectivity index (χ2n) is 5.17. The van der Waals surface area contributed by atoms with Crippen LogP contribution in [0, 0.1) is 18.2 Å². The molecule has 0 amide bonds. The largest absolute Gasteiger partial charge is 0.367 e. The molecule has 0 saturated heterocycles. The molecule has 0 aromatic carbocycles. The maximum Gasteiger partial charge on any atom is 0.186 e. The van der Waals surface area contributed by atoms with Crippen molar-refractivity contribution in [2.24, 2.45) is 5.41 Å². The van der Waals surface area contributed by atoms with Gasteiger partial charge in [0.1, 0.15) is 6.33 Å². The number of rotatable bonds is 4. The van der Waals surface area contributed by atoms with Gasteiger partial charge in [0.2, 0.25) is 0 Å². The molecule has 18 heavy (non-hydrogen) atoms. The number of anilines is 1. The van der Waals surface area contributed by atoms with Gasteiger partial charge in [0.05, 0.1) is 5.69 Å². The van der Waals surface area contributed by atoms with Crippen molar-refractivity contribution in [3.8, 4) is 0 Å². The Morgan fingerprint density at radius 1 is 1.33 bits per heavy atom. The van der Waals surface area contributed by atoms with Crippen molar-refractivity contribution in [2.45, 2.75) is 39.0 Å². The molecule has 1 aliphatic rings. The summed E-state index contributed by atoms with van der Waals surface area (Å²) in [5.41, 5.74) is 0.460. The van der Waals surface area contributed by atoms with Crippen LogP contribution >= 0.6 is 11.6 Å². The first-order valence-electron chi connectivity index (χ1n) is 6.44. The van der Waals surface area contributed by atoms with E-state index in [0.29, 0.717) is 18.1 Å². The number of halogens is 2. The van der Waals surface area contributed by atoms with Gasteiger partial charge in [-0.15, -0.1) is 11.6 Å². The van der Waals surface area contributed by atoms with Crippen molar-refractivity contribution in [1.82, 2.24) is 9.97 Å². The normalized spacial score (nSPS) is 18.6. The highest BCUT2D eigenvalue weighted by Gasteiger charge is 2.31. The second kappa shape index (κ2) is 5.83. The van der Waals surface area contributed by atoms with Gasteiger partial charge in [0.15, 0.2) is 11.6 Å². The summed E-state index contributed by atoms with van der Waals surface area (Å²) < 4.78 is 13.8. The van der Waals surface area contributed by atoms with E-state index in [1.54, 1.807) is 6.92 Å². The highest BCUT2D eigenvalue weighted by atomic mass is 35.5. The molecule has 5 heteroatoms. The molecule has 0 radical (unpaired) electrons.